The highest BCUT2D eigenvalue weighted by atomic mass is 35.5. The van der Waals surface area contributed by atoms with E-state index >= 15 is 0 Å². The lowest BCUT2D eigenvalue weighted by atomic mass is 10.2. The molecule has 1 N–H and O–H groups in total. The summed E-state index contributed by atoms with van der Waals surface area (Å²) in [5, 5.41) is 3.75. The van der Waals surface area contributed by atoms with Gasteiger partial charge in [-0.15, -0.1) is 0 Å². The molecule has 2 aromatic rings. The molecule has 0 amide bonds. The highest BCUT2D eigenvalue weighted by Crippen LogP contribution is 2.23. The Morgan fingerprint density at radius 1 is 1.26 bits per heavy atom. The van der Waals surface area contributed by atoms with Crippen LogP contribution >= 0.6 is 11.6 Å². The predicted octanol–water partition coefficient (Wildman–Crippen LogP) is 4.08. The molecule has 0 saturated carbocycles. The van der Waals surface area contributed by atoms with Gasteiger partial charge in [0.2, 0.25) is 0 Å². The second kappa shape index (κ2) is 5.61. The van der Waals surface area contributed by atoms with Crippen LogP contribution in [0.2, 0.25) is 5.15 Å². The van der Waals surface area contributed by atoms with E-state index in [-0.39, 0.29) is 5.92 Å². The molecule has 0 spiro atoms. The minimum absolute atomic E-state index is 0.240. The molecule has 0 saturated heterocycles. The second-order valence-electron chi connectivity index (χ2n) is 4.87. The van der Waals surface area contributed by atoms with Gasteiger partial charge in [0.25, 0.3) is 0 Å². The highest BCUT2D eigenvalue weighted by molar-refractivity contribution is 6.30. The number of aromatic nitrogens is 2. The van der Waals surface area contributed by atoms with Crippen molar-refractivity contribution >= 4 is 17.4 Å². The van der Waals surface area contributed by atoms with Gasteiger partial charge < -0.3 is 9.73 Å². The summed E-state index contributed by atoms with van der Waals surface area (Å²) in [6.45, 7) is 8.50. The van der Waals surface area contributed by atoms with Crippen molar-refractivity contribution in [3.05, 3.63) is 40.2 Å². The van der Waals surface area contributed by atoms with E-state index in [2.05, 4.69) is 15.3 Å². The van der Waals surface area contributed by atoms with E-state index in [1.165, 1.54) is 0 Å². The number of aryl methyl sites for hydroxylation is 1. The van der Waals surface area contributed by atoms with Crippen molar-refractivity contribution in [1.29, 1.82) is 0 Å². The fourth-order valence-electron chi connectivity index (χ4n) is 1.69. The maximum atomic E-state index is 6.13. The molecule has 0 radical (unpaired) electrons. The third-order valence-electron chi connectivity index (χ3n) is 2.85. The SMILES string of the molecule is Cc1ccc(CNc2nc(C(C)C)nc(Cl)c2C)o1. The average Bonchev–Trinajstić information content (AvgIpc) is 2.76. The Hall–Kier alpha value is -1.55. The molecule has 0 aliphatic carbocycles. The average molecular weight is 280 g/mol. The monoisotopic (exact) mass is 279 g/mol. The third kappa shape index (κ3) is 3.26. The highest BCUT2D eigenvalue weighted by Gasteiger charge is 2.12. The van der Waals surface area contributed by atoms with Gasteiger partial charge in [-0.25, -0.2) is 9.97 Å². The molecule has 0 aliphatic rings. The standard InChI is InChI=1S/C14H18ClN3O/c1-8(2)13-17-12(15)10(4)14(18-13)16-7-11-6-5-9(3)19-11/h5-6,8H,7H2,1-4H3,(H,16,17,18). The third-order valence-corrected chi connectivity index (χ3v) is 3.21. The molecule has 0 unspecified atom stereocenters. The molecule has 0 bridgehead atoms. The summed E-state index contributed by atoms with van der Waals surface area (Å²) in [6.07, 6.45) is 0. The zero-order chi connectivity index (χ0) is 14.0. The summed E-state index contributed by atoms with van der Waals surface area (Å²) in [5.41, 5.74) is 0.856. The Balaban J connectivity index is 2.19. The van der Waals surface area contributed by atoms with Gasteiger partial charge >= 0.3 is 0 Å². The van der Waals surface area contributed by atoms with Gasteiger partial charge in [-0.1, -0.05) is 25.4 Å². The first-order valence-electron chi connectivity index (χ1n) is 6.30. The van der Waals surface area contributed by atoms with Crippen molar-refractivity contribution in [2.45, 2.75) is 40.2 Å². The maximum absolute atomic E-state index is 6.13. The minimum Gasteiger partial charge on any atom is -0.465 e. The van der Waals surface area contributed by atoms with Crippen LogP contribution < -0.4 is 5.32 Å². The molecule has 0 aliphatic heterocycles. The maximum Gasteiger partial charge on any atom is 0.137 e. The Labute approximate surface area is 118 Å². The number of anilines is 1. The number of hydrogen-bond acceptors (Lipinski definition) is 4. The van der Waals surface area contributed by atoms with Crippen molar-refractivity contribution in [3.8, 4) is 0 Å². The van der Waals surface area contributed by atoms with Gasteiger partial charge in [0.1, 0.15) is 28.3 Å². The van der Waals surface area contributed by atoms with Crippen LogP contribution in [0.1, 0.15) is 42.7 Å². The molecular formula is C14H18ClN3O. The normalized spacial score (nSPS) is 11.1. The van der Waals surface area contributed by atoms with Gasteiger partial charge in [0.15, 0.2) is 0 Å². The molecule has 2 aromatic heterocycles. The Morgan fingerprint density at radius 2 is 2.00 bits per heavy atom. The molecule has 5 heteroatoms. The zero-order valence-corrected chi connectivity index (χ0v) is 12.4. The fourth-order valence-corrected chi connectivity index (χ4v) is 1.86. The summed E-state index contributed by atoms with van der Waals surface area (Å²) >= 11 is 6.13. The van der Waals surface area contributed by atoms with E-state index in [1.807, 2.05) is 39.8 Å². The van der Waals surface area contributed by atoms with Gasteiger partial charge in [-0.3, -0.25) is 0 Å². The first-order chi connectivity index (χ1) is 8.97. The van der Waals surface area contributed by atoms with Crippen LogP contribution in [0.15, 0.2) is 16.5 Å². The minimum atomic E-state index is 0.240. The first kappa shape index (κ1) is 13.9. The Morgan fingerprint density at radius 3 is 2.58 bits per heavy atom. The molecule has 102 valence electrons. The van der Waals surface area contributed by atoms with Crippen LogP contribution in [0.25, 0.3) is 0 Å². The van der Waals surface area contributed by atoms with E-state index in [0.29, 0.717) is 11.7 Å². The quantitative estimate of drug-likeness (QED) is 0.857. The Bertz CT molecular complexity index is 578. The van der Waals surface area contributed by atoms with Crippen LogP contribution in [0.5, 0.6) is 0 Å². The van der Waals surface area contributed by atoms with Crippen molar-refractivity contribution in [3.63, 3.8) is 0 Å². The molecule has 0 atom stereocenters. The molecule has 2 rings (SSSR count). The van der Waals surface area contributed by atoms with Gasteiger partial charge in [-0.2, -0.15) is 0 Å². The van der Waals surface area contributed by atoms with E-state index in [0.717, 1.165) is 28.7 Å². The zero-order valence-electron chi connectivity index (χ0n) is 11.6. The van der Waals surface area contributed by atoms with Crippen molar-refractivity contribution in [2.75, 3.05) is 5.32 Å². The summed E-state index contributed by atoms with van der Waals surface area (Å²) in [6, 6.07) is 3.89. The van der Waals surface area contributed by atoms with Gasteiger partial charge in [-0.05, 0) is 26.0 Å². The topological polar surface area (TPSA) is 51.0 Å². The lowest BCUT2D eigenvalue weighted by molar-refractivity contribution is 0.490. The van der Waals surface area contributed by atoms with Crippen molar-refractivity contribution in [1.82, 2.24) is 9.97 Å². The van der Waals surface area contributed by atoms with Gasteiger partial charge in [0.05, 0.1) is 6.54 Å². The van der Waals surface area contributed by atoms with Crippen LogP contribution in [0, 0.1) is 13.8 Å². The lowest BCUT2D eigenvalue weighted by Gasteiger charge is -2.12. The predicted molar refractivity (Wildman–Crippen MR) is 76.6 cm³/mol. The summed E-state index contributed by atoms with van der Waals surface area (Å²) < 4.78 is 5.51. The van der Waals surface area contributed by atoms with Crippen LogP contribution in [-0.4, -0.2) is 9.97 Å². The van der Waals surface area contributed by atoms with Crippen molar-refractivity contribution in [2.24, 2.45) is 0 Å². The summed E-state index contributed by atoms with van der Waals surface area (Å²) in [4.78, 5) is 8.79. The van der Waals surface area contributed by atoms with Gasteiger partial charge in [0, 0.05) is 11.5 Å². The smallest absolute Gasteiger partial charge is 0.137 e. The fraction of sp³-hybridized carbons (Fsp3) is 0.429. The molecule has 0 aromatic carbocycles. The number of nitrogens with zero attached hydrogens (tertiary/aromatic N) is 2. The van der Waals surface area contributed by atoms with E-state index in [9.17, 15) is 0 Å². The van der Waals surface area contributed by atoms with Crippen LogP contribution in [-0.2, 0) is 6.54 Å². The largest absolute Gasteiger partial charge is 0.465 e. The summed E-state index contributed by atoms with van der Waals surface area (Å²) in [7, 11) is 0. The molecular weight excluding hydrogens is 262 g/mol. The molecule has 4 nitrogen and oxygen atoms in total. The number of halogens is 1. The molecule has 0 fully saturated rings. The molecule has 2 heterocycles. The second-order valence-corrected chi connectivity index (χ2v) is 5.22. The van der Waals surface area contributed by atoms with Crippen molar-refractivity contribution < 1.29 is 4.42 Å². The lowest BCUT2D eigenvalue weighted by Crippen LogP contribution is -2.07. The molecule has 19 heavy (non-hydrogen) atoms. The summed E-state index contributed by atoms with van der Waals surface area (Å²) in [5.74, 6) is 3.52. The van der Waals surface area contributed by atoms with Crippen LogP contribution in [0.4, 0.5) is 5.82 Å². The Kier molecular flexibility index (Phi) is 4.10. The van der Waals surface area contributed by atoms with E-state index < -0.39 is 0 Å². The number of furan rings is 1. The number of rotatable bonds is 4. The number of hydrogen-bond donors (Lipinski definition) is 1. The first-order valence-corrected chi connectivity index (χ1v) is 6.68. The van der Waals surface area contributed by atoms with E-state index in [4.69, 9.17) is 16.0 Å². The number of nitrogens with one attached hydrogen (secondary N) is 1. The van der Waals surface area contributed by atoms with E-state index in [1.54, 1.807) is 0 Å². The van der Waals surface area contributed by atoms with Crippen LogP contribution in [0.3, 0.4) is 0 Å².